The molecular formula is C18H23NO3. The van der Waals surface area contributed by atoms with Crippen molar-refractivity contribution in [3.05, 3.63) is 48.0 Å². The maximum Gasteiger partial charge on any atom is 0.249 e. The monoisotopic (exact) mass is 301 g/mol. The van der Waals surface area contributed by atoms with E-state index < -0.39 is 12.2 Å². The number of ether oxygens (including phenoxy) is 1. The lowest BCUT2D eigenvalue weighted by atomic mass is 10.0. The highest BCUT2D eigenvalue weighted by atomic mass is 16.5. The Morgan fingerprint density at radius 1 is 1.18 bits per heavy atom. The van der Waals surface area contributed by atoms with Gasteiger partial charge in [-0.2, -0.15) is 0 Å². The lowest BCUT2D eigenvalue weighted by molar-refractivity contribution is -0.133. The highest BCUT2D eigenvalue weighted by Crippen LogP contribution is 2.20. The summed E-state index contributed by atoms with van der Waals surface area (Å²) in [7, 11) is 0. The quantitative estimate of drug-likeness (QED) is 0.827. The molecule has 118 valence electrons. The molecule has 22 heavy (non-hydrogen) atoms. The van der Waals surface area contributed by atoms with Crippen LogP contribution in [0.1, 0.15) is 31.9 Å². The minimum absolute atomic E-state index is 0.177. The molecule has 0 saturated carbocycles. The normalized spacial score (nSPS) is 13.8. The van der Waals surface area contributed by atoms with Gasteiger partial charge in [0.25, 0.3) is 0 Å². The van der Waals surface area contributed by atoms with E-state index in [9.17, 15) is 9.90 Å². The molecular weight excluding hydrogens is 278 g/mol. The van der Waals surface area contributed by atoms with Gasteiger partial charge in [-0.25, -0.2) is 0 Å². The van der Waals surface area contributed by atoms with Crippen LogP contribution in [0.4, 0.5) is 0 Å². The average molecular weight is 301 g/mol. The standard InChI is InChI=1S/C18H23NO3/c1-3-17(22-4-2)18(21)19-12-16(20)15-10-9-13-7-5-6-8-14(13)11-15/h5-11,16-17,20H,3-4,12H2,1-2H3,(H,19,21)/t16-,17+/m1/s1. The number of aliphatic hydroxyl groups is 1. The average Bonchev–Trinajstić information content (AvgIpc) is 2.56. The van der Waals surface area contributed by atoms with Gasteiger partial charge in [0.05, 0.1) is 6.10 Å². The van der Waals surface area contributed by atoms with Gasteiger partial charge in [-0.3, -0.25) is 4.79 Å². The van der Waals surface area contributed by atoms with Crippen LogP contribution in [0.2, 0.25) is 0 Å². The van der Waals surface area contributed by atoms with Gasteiger partial charge in [-0.05, 0) is 35.7 Å². The molecule has 0 spiro atoms. The zero-order valence-electron chi connectivity index (χ0n) is 13.1. The molecule has 4 heteroatoms. The van der Waals surface area contributed by atoms with Gasteiger partial charge in [0.15, 0.2) is 0 Å². The highest BCUT2D eigenvalue weighted by molar-refractivity contribution is 5.83. The molecule has 0 aliphatic heterocycles. The van der Waals surface area contributed by atoms with Crippen molar-refractivity contribution in [1.29, 1.82) is 0 Å². The van der Waals surface area contributed by atoms with Crippen molar-refractivity contribution in [1.82, 2.24) is 5.32 Å². The lowest BCUT2D eigenvalue weighted by Gasteiger charge is -2.17. The Labute approximate surface area is 131 Å². The third kappa shape index (κ3) is 4.06. The summed E-state index contributed by atoms with van der Waals surface area (Å²) in [5.74, 6) is -0.177. The fraction of sp³-hybridized carbons (Fsp3) is 0.389. The van der Waals surface area contributed by atoms with Gasteiger partial charge < -0.3 is 15.2 Å². The van der Waals surface area contributed by atoms with Crippen LogP contribution in [-0.4, -0.2) is 30.3 Å². The van der Waals surface area contributed by atoms with Crippen LogP contribution in [-0.2, 0) is 9.53 Å². The second-order valence-corrected chi connectivity index (χ2v) is 5.22. The predicted molar refractivity (Wildman–Crippen MR) is 87.6 cm³/mol. The second-order valence-electron chi connectivity index (χ2n) is 5.22. The van der Waals surface area contributed by atoms with E-state index in [4.69, 9.17) is 4.74 Å². The Bertz CT molecular complexity index is 627. The largest absolute Gasteiger partial charge is 0.387 e. The van der Waals surface area contributed by atoms with Crippen LogP contribution in [0, 0.1) is 0 Å². The minimum atomic E-state index is -0.729. The molecule has 2 N–H and O–H groups in total. The van der Waals surface area contributed by atoms with Crippen LogP contribution in [0.5, 0.6) is 0 Å². The first-order valence-electron chi connectivity index (χ1n) is 7.71. The topological polar surface area (TPSA) is 58.6 Å². The number of rotatable bonds is 7. The smallest absolute Gasteiger partial charge is 0.249 e. The molecule has 0 aromatic heterocycles. The van der Waals surface area contributed by atoms with Crippen LogP contribution < -0.4 is 5.32 Å². The van der Waals surface area contributed by atoms with E-state index in [-0.39, 0.29) is 12.5 Å². The molecule has 0 bridgehead atoms. The SMILES string of the molecule is CCO[C@@H](CC)C(=O)NC[C@@H](O)c1ccc2ccccc2c1. The molecule has 2 rings (SSSR count). The molecule has 0 fully saturated rings. The number of carbonyl (C=O) groups excluding carboxylic acids is 1. The number of hydrogen-bond acceptors (Lipinski definition) is 3. The Morgan fingerprint density at radius 2 is 1.91 bits per heavy atom. The summed E-state index contributed by atoms with van der Waals surface area (Å²) in [6.45, 7) is 4.44. The van der Waals surface area contributed by atoms with Crippen molar-refractivity contribution in [2.24, 2.45) is 0 Å². The molecule has 0 saturated heterocycles. The molecule has 0 aliphatic carbocycles. The number of fused-ring (bicyclic) bond motifs is 1. The van der Waals surface area contributed by atoms with Gasteiger partial charge in [0.2, 0.25) is 5.91 Å². The first-order valence-corrected chi connectivity index (χ1v) is 7.71. The van der Waals surface area contributed by atoms with E-state index in [1.807, 2.05) is 56.3 Å². The number of hydrogen-bond donors (Lipinski definition) is 2. The molecule has 2 aromatic carbocycles. The number of carbonyl (C=O) groups is 1. The van der Waals surface area contributed by atoms with E-state index in [0.29, 0.717) is 13.0 Å². The Balaban J connectivity index is 1.98. The maximum atomic E-state index is 12.0. The number of amides is 1. The van der Waals surface area contributed by atoms with Crippen molar-refractivity contribution in [2.45, 2.75) is 32.5 Å². The van der Waals surface area contributed by atoms with E-state index >= 15 is 0 Å². The van der Waals surface area contributed by atoms with Crippen LogP contribution in [0.15, 0.2) is 42.5 Å². The lowest BCUT2D eigenvalue weighted by Crippen LogP contribution is -2.38. The number of aliphatic hydroxyl groups excluding tert-OH is 1. The van der Waals surface area contributed by atoms with Gasteiger partial charge >= 0.3 is 0 Å². The summed E-state index contributed by atoms with van der Waals surface area (Å²) in [5, 5.41) is 15.2. The van der Waals surface area contributed by atoms with Crippen LogP contribution in [0.25, 0.3) is 10.8 Å². The molecule has 2 atom stereocenters. The summed E-state index contributed by atoms with van der Waals surface area (Å²) in [4.78, 5) is 12.0. The Hall–Kier alpha value is -1.91. The predicted octanol–water partition coefficient (Wildman–Crippen LogP) is 2.80. The van der Waals surface area contributed by atoms with E-state index in [2.05, 4.69) is 5.32 Å². The van der Waals surface area contributed by atoms with E-state index in [1.54, 1.807) is 0 Å². The van der Waals surface area contributed by atoms with Crippen molar-refractivity contribution in [3.8, 4) is 0 Å². The first-order chi connectivity index (χ1) is 10.7. The summed E-state index contributed by atoms with van der Waals surface area (Å²) >= 11 is 0. The zero-order valence-corrected chi connectivity index (χ0v) is 13.1. The van der Waals surface area contributed by atoms with Crippen molar-refractivity contribution < 1.29 is 14.6 Å². The fourth-order valence-corrected chi connectivity index (χ4v) is 2.42. The third-order valence-corrected chi connectivity index (χ3v) is 3.66. The zero-order chi connectivity index (χ0) is 15.9. The Morgan fingerprint density at radius 3 is 2.59 bits per heavy atom. The summed E-state index contributed by atoms with van der Waals surface area (Å²) in [5.41, 5.74) is 0.795. The van der Waals surface area contributed by atoms with Crippen molar-refractivity contribution >= 4 is 16.7 Å². The first kappa shape index (κ1) is 16.5. The summed E-state index contributed by atoms with van der Waals surface area (Å²) < 4.78 is 5.35. The number of benzene rings is 2. The molecule has 1 amide bonds. The minimum Gasteiger partial charge on any atom is -0.387 e. The molecule has 4 nitrogen and oxygen atoms in total. The summed E-state index contributed by atoms with van der Waals surface area (Å²) in [6, 6.07) is 13.8. The molecule has 2 aromatic rings. The fourth-order valence-electron chi connectivity index (χ4n) is 2.42. The van der Waals surface area contributed by atoms with Gasteiger partial charge in [-0.15, -0.1) is 0 Å². The summed E-state index contributed by atoms with van der Waals surface area (Å²) in [6.07, 6.45) is -0.562. The molecule has 0 unspecified atom stereocenters. The van der Waals surface area contributed by atoms with Crippen molar-refractivity contribution in [3.63, 3.8) is 0 Å². The van der Waals surface area contributed by atoms with Gasteiger partial charge in [0, 0.05) is 13.2 Å². The van der Waals surface area contributed by atoms with Crippen LogP contribution >= 0.6 is 0 Å². The van der Waals surface area contributed by atoms with Crippen LogP contribution in [0.3, 0.4) is 0 Å². The maximum absolute atomic E-state index is 12.0. The van der Waals surface area contributed by atoms with Gasteiger partial charge in [0.1, 0.15) is 6.10 Å². The Kier molecular flexibility index (Phi) is 5.92. The number of nitrogens with one attached hydrogen (secondary N) is 1. The van der Waals surface area contributed by atoms with E-state index in [0.717, 1.165) is 16.3 Å². The van der Waals surface area contributed by atoms with Gasteiger partial charge in [-0.1, -0.05) is 43.3 Å². The molecule has 0 heterocycles. The van der Waals surface area contributed by atoms with E-state index in [1.165, 1.54) is 0 Å². The second kappa shape index (κ2) is 7.92. The molecule has 0 radical (unpaired) electrons. The highest BCUT2D eigenvalue weighted by Gasteiger charge is 2.17. The molecule has 0 aliphatic rings. The van der Waals surface area contributed by atoms with Crippen molar-refractivity contribution in [2.75, 3.05) is 13.2 Å². The third-order valence-electron chi connectivity index (χ3n) is 3.66.